The Morgan fingerprint density at radius 3 is 2.44 bits per heavy atom. The summed E-state index contributed by atoms with van der Waals surface area (Å²) in [6, 6.07) is 13.4. The maximum absolute atomic E-state index is 13.6. The molecule has 0 aliphatic heterocycles. The van der Waals surface area contributed by atoms with E-state index in [-0.39, 0.29) is 18.3 Å². The third-order valence-electron chi connectivity index (χ3n) is 3.97. The lowest BCUT2D eigenvalue weighted by Crippen LogP contribution is -2.23. The Morgan fingerprint density at radius 2 is 1.84 bits per heavy atom. The second-order valence-corrected chi connectivity index (χ2v) is 6.10. The van der Waals surface area contributed by atoms with Gasteiger partial charge in [0.1, 0.15) is 5.82 Å². The van der Waals surface area contributed by atoms with Crippen molar-refractivity contribution in [3.05, 3.63) is 81.9 Å². The highest BCUT2D eigenvalue weighted by Gasteiger charge is 2.12. The van der Waals surface area contributed by atoms with Gasteiger partial charge >= 0.3 is 0 Å². The minimum atomic E-state index is -0.334. The molecule has 0 saturated carbocycles. The van der Waals surface area contributed by atoms with Crippen LogP contribution in [0.1, 0.15) is 27.3 Å². The third kappa shape index (κ3) is 3.56. The number of aryl methyl sites for hydroxylation is 1. The lowest BCUT2D eigenvalue weighted by Gasteiger charge is -2.08. The fourth-order valence-electron chi connectivity index (χ4n) is 2.55. The average molecular weight is 358 g/mol. The molecule has 25 heavy (non-hydrogen) atoms. The summed E-state index contributed by atoms with van der Waals surface area (Å²) in [6.45, 7) is 3.87. The van der Waals surface area contributed by atoms with Crippen LogP contribution in [0.25, 0.3) is 5.69 Å². The molecule has 0 fully saturated rings. The summed E-state index contributed by atoms with van der Waals surface area (Å²) in [5.41, 5.74) is 3.36. The molecule has 1 aromatic heterocycles. The smallest absolute Gasteiger partial charge is 0.251 e. The maximum Gasteiger partial charge on any atom is 0.251 e. The normalized spacial score (nSPS) is 10.7. The molecule has 0 atom stereocenters. The van der Waals surface area contributed by atoms with Gasteiger partial charge in [0.2, 0.25) is 0 Å². The number of hydrogen-bond donors (Lipinski definition) is 1. The number of carbonyl (C=O) groups excluding carboxylic acids is 1. The highest BCUT2D eigenvalue weighted by Crippen LogP contribution is 2.22. The molecule has 0 bridgehead atoms. The summed E-state index contributed by atoms with van der Waals surface area (Å²) in [5, 5.41) is 7.73. The molecule has 0 unspecified atom stereocenters. The van der Waals surface area contributed by atoms with E-state index in [1.54, 1.807) is 47.1 Å². The Hall–Kier alpha value is -2.66. The monoisotopic (exact) mass is 357 g/mol. The standard InChI is InChI=1S/C19H17ClFN3O/c1-12-18(20)13(2)24(23-12)16-9-7-14(8-10-16)19(25)22-11-15-5-3-4-6-17(15)21/h3-10H,11H2,1-2H3,(H,22,25). The number of nitrogens with one attached hydrogen (secondary N) is 1. The molecule has 0 spiro atoms. The Morgan fingerprint density at radius 1 is 1.16 bits per heavy atom. The Labute approximate surface area is 150 Å². The minimum absolute atomic E-state index is 0.139. The molecule has 6 heteroatoms. The van der Waals surface area contributed by atoms with Gasteiger partial charge in [-0.1, -0.05) is 29.8 Å². The van der Waals surface area contributed by atoms with Crippen molar-refractivity contribution >= 4 is 17.5 Å². The van der Waals surface area contributed by atoms with E-state index in [2.05, 4.69) is 10.4 Å². The van der Waals surface area contributed by atoms with E-state index in [1.165, 1.54) is 6.07 Å². The van der Waals surface area contributed by atoms with Crippen LogP contribution in [0.2, 0.25) is 5.02 Å². The molecule has 128 valence electrons. The molecule has 1 heterocycles. The molecule has 3 rings (SSSR count). The number of benzene rings is 2. The lowest BCUT2D eigenvalue weighted by atomic mass is 10.1. The molecule has 1 amide bonds. The van der Waals surface area contributed by atoms with Crippen LogP contribution in [-0.4, -0.2) is 15.7 Å². The maximum atomic E-state index is 13.6. The van der Waals surface area contributed by atoms with Crippen LogP contribution in [0, 0.1) is 19.7 Å². The summed E-state index contributed by atoms with van der Waals surface area (Å²) in [4.78, 5) is 12.2. The molecule has 1 N–H and O–H groups in total. The summed E-state index contributed by atoms with van der Waals surface area (Å²) in [6.07, 6.45) is 0. The van der Waals surface area contributed by atoms with Crippen molar-refractivity contribution in [3.63, 3.8) is 0 Å². The molecular weight excluding hydrogens is 341 g/mol. The molecule has 3 aromatic rings. The number of rotatable bonds is 4. The van der Waals surface area contributed by atoms with Crippen LogP contribution >= 0.6 is 11.6 Å². The lowest BCUT2D eigenvalue weighted by molar-refractivity contribution is 0.0950. The summed E-state index contributed by atoms with van der Waals surface area (Å²) >= 11 is 6.16. The SMILES string of the molecule is Cc1nn(-c2ccc(C(=O)NCc3ccccc3F)cc2)c(C)c1Cl. The molecule has 4 nitrogen and oxygen atoms in total. The highest BCUT2D eigenvalue weighted by atomic mass is 35.5. The second-order valence-electron chi connectivity index (χ2n) is 5.72. The molecule has 0 saturated heterocycles. The first-order valence-electron chi connectivity index (χ1n) is 7.81. The zero-order valence-electron chi connectivity index (χ0n) is 13.9. The fourth-order valence-corrected chi connectivity index (χ4v) is 2.67. The van der Waals surface area contributed by atoms with E-state index in [1.807, 2.05) is 13.8 Å². The average Bonchev–Trinajstić information content (AvgIpc) is 2.88. The first kappa shape index (κ1) is 17.2. The van der Waals surface area contributed by atoms with Crippen molar-refractivity contribution in [1.29, 1.82) is 0 Å². The Balaban J connectivity index is 1.72. The van der Waals surface area contributed by atoms with Crippen LogP contribution in [0.3, 0.4) is 0 Å². The van der Waals surface area contributed by atoms with E-state index in [4.69, 9.17) is 11.6 Å². The number of amides is 1. The fraction of sp³-hybridized carbons (Fsp3) is 0.158. The van der Waals surface area contributed by atoms with Gasteiger partial charge in [0.05, 0.1) is 22.1 Å². The van der Waals surface area contributed by atoms with E-state index in [0.717, 1.165) is 17.1 Å². The Kier molecular flexibility index (Phi) is 4.86. The van der Waals surface area contributed by atoms with Crippen LogP contribution in [-0.2, 0) is 6.54 Å². The number of halogens is 2. The second kappa shape index (κ2) is 7.07. The molecule has 0 radical (unpaired) electrons. The van der Waals surface area contributed by atoms with Crippen LogP contribution in [0.4, 0.5) is 4.39 Å². The summed E-state index contributed by atoms with van der Waals surface area (Å²) in [7, 11) is 0. The van der Waals surface area contributed by atoms with Crippen LogP contribution in [0.15, 0.2) is 48.5 Å². The third-order valence-corrected chi connectivity index (χ3v) is 4.52. The van der Waals surface area contributed by atoms with Gasteiger partial charge in [0, 0.05) is 17.7 Å². The van der Waals surface area contributed by atoms with Gasteiger partial charge in [-0.2, -0.15) is 5.10 Å². The Bertz CT molecular complexity index is 919. The van der Waals surface area contributed by atoms with E-state index in [9.17, 15) is 9.18 Å². The largest absolute Gasteiger partial charge is 0.348 e. The predicted molar refractivity (Wildman–Crippen MR) is 95.6 cm³/mol. The van der Waals surface area contributed by atoms with Crippen LogP contribution < -0.4 is 5.32 Å². The number of nitrogens with zero attached hydrogens (tertiary/aromatic N) is 2. The van der Waals surface area contributed by atoms with Gasteiger partial charge in [0.15, 0.2) is 0 Å². The van der Waals surface area contributed by atoms with Gasteiger partial charge in [-0.25, -0.2) is 9.07 Å². The quantitative estimate of drug-likeness (QED) is 0.760. The molecular formula is C19H17ClFN3O. The van der Waals surface area contributed by atoms with E-state index in [0.29, 0.717) is 16.1 Å². The zero-order chi connectivity index (χ0) is 18.0. The van der Waals surface area contributed by atoms with Gasteiger partial charge in [-0.05, 0) is 44.2 Å². The van der Waals surface area contributed by atoms with Crippen LogP contribution in [0.5, 0.6) is 0 Å². The number of carbonyl (C=O) groups is 1. The van der Waals surface area contributed by atoms with Gasteiger partial charge < -0.3 is 5.32 Å². The highest BCUT2D eigenvalue weighted by molar-refractivity contribution is 6.31. The van der Waals surface area contributed by atoms with Crippen molar-refractivity contribution in [2.45, 2.75) is 20.4 Å². The van der Waals surface area contributed by atoms with Gasteiger partial charge in [-0.3, -0.25) is 4.79 Å². The number of hydrogen-bond acceptors (Lipinski definition) is 2. The first-order chi connectivity index (χ1) is 12.0. The van der Waals surface area contributed by atoms with E-state index < -0.39 is 0 Å². The summed E-state index contributed by atoms with van der Waals surface area (Å²) < 4.78 is 15.3. The van der Waals surface area contributed by atoms with E-state index >= 15 is 0 Å². The first-order valence-corrected chi connectivity index (χ1v) is 8.19. The minimum Gasteiger partial charge on any atom is -0.348 e. The van der Waals surface area contributed by atoms with Crippen molar-refractivity contribution in [2.24, 2.45) is 0 Å². The number of aromatic nitrogens is 2. The van der Waals surface area contributed by atoms with Gasteiger partial charge in [-0.15, -0.1) is 0 Å². The van der Waals surface area contributed by atoms with Gasteiger partial charge in [0.25, 0.3) is 5.91 Å². The molecule has 0 aliphatic rings. The molecule has 0 aliphatic carbocycles. The van der Waals surface area contributed by atoms with Crippen molar-refractivity contribution in [1.82, 2.24) is 15.1 Å². The van der Waals surface area contributed by atoms with Crippen molar-refractivity contribution in [3.8, 4) is 5.69 Å². The predicted octanol–water partition coefficient (Wildman–Crippen LogP) is 4.21. The van der Waals surface area contributed by atoms with Crippen molar-refractivity contribution in [2.75, 3.05) is 0 Å². The van der Waals surface area contributed by atoms with Crippen molar-refractivity contribution < 1.29 is 9.18 Å². The topological polar surface area (TPSA) is 46.9 Å². The zero-order valence-corrected chi connectivity index (χ0v) is 14.6. The molecule has 2 aromatic carbocycles. The summed E-state index contributed by atoms with van der Waals surface area (Å²) in [5.74, 6) is -0.597.